The third-order valence-electron chi connectivity index (χ3n) is 8.88. The predicted molar refractivity (Wildman–Crippen MR) is 107 cm³/mol. The van der Waals surface area contributed by atoms with Gasteiger partial charge in [0.25, 0.3) is 0 Å². The number of carbonyl (C=O) groups excluding carboxylic acids is 1. The molecule has 0 aliphatic heterocycles. The average Bonchev–Trinajstić information content (AvgIpc) is 2.96. The van der Waals surface area contributed by atoms with Crippen molar-refractivity contribution in [1.29, 1.82) is 0 Å². The van der Waals surface area contributed by atoms with E-state index in [0.717, 1.165) is 50.7 Å². The van der Waals surface area contributed by atoms with Crippen molar-refractivity contribution < 1.29 is 9.63 Å². The SMILES string of the molecule is C#C[C@H]1C[C@@H]2[C@H](CC[C@]3(C)C(=O)CC[C@@H]23)[C@@]2(C)CC/C(=N\OCCN)C[C@H]12. The van der Waals surface area contributed by atoms with E-state index in [9.17, 15) is 4.79 Å². The third-order valence-corrected chi connectivity index (χ3v) is 8.88. The number of hydrogen-bond acceptors (Lipinski definition) is 4. The fraction of sp³-hybridized carbons (Fsp3) is 0.826. The van der Waals surface area contributed by atoms with Gasteiger partial charge in [-0.05, 0) is 74.0 Å². The molecule has 0 heterocycles. The molecule has 4 fully saturated rings. The van der Waals surface area contributed by atoms with Crippen LogP contribution in [0.5, 0.6) is 0 Å². The van der Waals surface area contributed by atoms with Crippen molar-refractivity contribution in [1.82, 2.24) is 0 Å². The zero-order chi connectivity index (χ0) is 19.2. The van der Waals surface area contributed by atoms with Crippen LogP contribution < -0.4 is 5.73 Å². The normalized spacial score (nSPS) is 47.7. The van der Waals surface area contributed by atoms with E-state index in [1.165, 1.54) is 6.42 Å². The van der Waals surface area contributed by atoms with Gasteiger partial charge in [-0.2, -0.15) is 0 Å². The van der Waals surface area contributed by atoms with Crippen molar-refractivity contribution in [2.24, 2.45) is 51.3 Å². The highest BCUT2D eigenvalue weighted by molar-refractivity contribution is 5.87. The van der Waals surface area contributed by atoms with Crippen molar-refractivity contribution in [2.45, 2.75) is 65.2 Å². The molecule has 0 amide bonds. The zero-order valence-electron chi connectivity index (χ0n) is 16.9. The first-order valence-electron chi connectivity index (χ1n) is 10.8. The molecule has 0 spiro atoms. The summed E-state index contributed by atoms with van der Waals surface area (Å²) in [5, 5.41) is 4.37. The number of carbonyl (C=O) groups is 1. The van der Waals surface area contributed by atoms with Gasteiger partial charge in [0.15, 0.2) is 0 Å². The summed E-state index contributed by atoms with van der Waals surface area (Å²) in [6.45, 7) is 5.69. The Kier molecular flexibility index (Phi) is 4.87. The molecule has 0 aromatic carbocycles. The summed E-state index contributed by atoms with van der Waals surface area (Å²) >= 11 is 0. The number of oxime groups is 1. The second kappa shape index (κ2) is 6.92. The van der Waals surface area contributed by atoms with Crippen molar-refractivity contribution in [3.63, 3.8) is 0 Å². The minimum atomic E-state index is -0.0825. The summed E-state index contributed by atoms with van der Waals surface area (Å²) < 4.78 is 0. The second-order valence-corrected chi connectivity index (χ2v) is 9.90. The number of nitrogens with zero attached hydrogens (tertiary/aromatic N) is 1. The largest absolute Gasteiger partial charge is 0.395 e. The van der Waals surface area contributed by atoms with Crippen molar-refractivity contribution in [3.05, 3.63) is 0 Å². The summed E-state index contributed by atoms with van der Waals surface area (Å²) in [7, 11) is 0. The Morgan fingerprint density at radius 1 is 1.22 bits per heavy atom. The minimum Gasteiger partial charge on any atom is -0.395 e. The van der Waals surface area contributed by atoms with Gasteiger partial charge in [0.05, 0.1) is 5.71 Å². The van der Waals surface area contributed by atoms with Gasteiger partial charge in [-0.15, -0.1) is 12.3 Å². The van der Waals surface area contributed by atoms with Gasteiger partial charge in [-0.1, -0.05) is 19.0 Å². The molecule has 4 aliphatic carbocycles. The highest BCUT2D eigenvalue weighted by Gasteiger charge is 2.61. The topological polar surface area (TPSA) is 64.7 Å². The summed E-state index contributed by atoms with van der Waals surface area (Å²) in [4.78, 5) is 18.0. The fourth-order valence-corrected chi connectivity index (χ4v) is 7.37. The number of fused-ring (bicyclic) bond motifs is 5. The maximum atomic E-state index is 12.6. The molecule has 0 aromatic heterocycles. The molecule has 27 heavy (non-hydrogen) atoms. The molecule has 4 rings (SSSR count). The summed E-state index contributed by atoms with van der Waals surface area (Å²) in [5.41, 5.74) is 6.84. The average molecular weight is 371 g/mol. The lowest BCUT2D eigenvalue weighted by atomic mass is 9.43. The predicted octanol–water partition coefficient (Wildman–Crippen LogP) is 3.79. The molecular formula is C23H34N2O2. The number of Topliss-reactive ketones (excluding diaryl/α,β-unsaturated/α-hetero) is 1. The van der Waals surface area contributed by atoms with Crippen LogP contribution in [0, 0.1) is 52.8 Å². The van der Waals surface area contributed by atoms with E-state index in [4.69, 9.17) is 17.0 Å². The van der Waals surface area contributed by atoms with Crippen LogP contribution in [-0.2, 0) is 9.63 Å². The lowest BCUT2D eigenvalue weighted by Gasteiger charge is -2.61. The fourth-order valence-electron chi connectivity index (χ4n) is 7.37. The van der Waals surface area contributed by atoms with E-state index in [-0.39, 0.29) is 16.7 Å². The van der Waals surface area contributed by atoms with E-state index in [2.05, 4.69) is 24.9 Å². The second-order valence-electron chi connectivity index (χ2n) is 9.90. The molecule has 4 aliphatic rings. The molecule has 4 heteroatoms. The number of ketones is 1. The van der Waals surface area contributed by atoms with Crippen LogP contribution in [0.25, 0.3) is 0 Å². The van der Waals surface area contributed by atoms with Gasteiger partial charge in [0.2, 0.25) is 0 Å². The Balaban J connectivity index is 1.60. The molecule has 148 valence electrons. The van der Waals surface area contributed by atoms with Crippen molar-refractivity contribution >= 4 is 11.5 Å². The van der Waals surface area contributed by atoms with E-state index in [0.29, 0.717) is 42.6 Å². The molecule has 0 saturated heterocycles. The first-order valence-corrected chi connectivity index (χ1v) is 10.8. The summed E-state index contributed by atoms with van der Waals surface area (Å²) in [6.07, 6.45) is 14.3. The van der Waals surface area contributed by atoms with E-state index in [1.807, 2.05) is 0 Å². The highest BCUT2D eigenvalue weighted by atomic mass is 16.6. The van der Waals surface area contributed by atoms with Gasteiger partial charge in [0.1, 0.15) is 12.4 Å². The maximum absolute atomic E-state index is 12.6. The van der Waals surface area contributed by atoms with Gasteiger partial charge in [-0.25, -0.2) is 0 Å². The van der Waals surface area contributed by atoms with Crippen LogP contribution in [0.1, 0.15) is 65.2 Å². The van der Waals surface area contributed by atoms with Crippen LogP contribution in [0.4, 0.5) is 0 Å². The Labute approximate surface area is 163 Å². The van der Waals surface area contributed by atoms with Crippen molar-refractivity contribution in [2.75, 3.05) is 13.2 Å². The lowest BCUT2D eigenvalue weighted by molar-refractivity contribution is -0.139. The standard InChI is InChI=1S/C23H34N2O2/c1-4-15-13-17-18-5-6-21(26)23(18,3)10-8-19(17)22(2)9-7-16(14-20(15)22)25-27-12-11-24/h1,15,17-20H,5-14,24H2,2-3H3/b25-16+/t15-,17-,18-,19-,20+,22+,23-/m0/s1. The monoisotopic (exact) mass is 370 g/mol. The summed E-state index contributed by atoms with van der Waals surface area (Å²) in [6, 6.07) is 0. The molecule has 0 radical (unpaired) electrons. The quantitative estimate of drug-likeness (QED) is 0.467. The van der Waals surface area contributed by atoms with Crippen molar-refractivity contribution in [3.8, 4) is 12.3 Å². The zero-order valence-corrected chi connectivity index (χ0v) is 16.9. The minimum absolute atomic E-state index is 0.0825. The van der Waals surface area contributed by atoms with Gasteiger partial charge in [-0.3, -0.25) is 4.79 Å². The van der Waals surface area contributed by atoms with Gasteiger partial charge >= 0.3 is 0 Å². The van der Waals surface area contributed by atoms with Gasteiger partial charge < -0.3 is 10.6 Å². The lowest BCUT2D eigenvalue weighted by Crippen LogP contribution is -2.56. The van der Waals surface area contributed by atoms with E-state index in [1.54, 1.807) is 0 Å². The number of nitrogens with two attached hydrogens (primary N) is 1. The molecule has 0 unspecified atom stereocenters. The Bertz CT molecular complexity index is 680. The first kappa shape index (κ1) is 19.0. The van der Waals surface area contributed by atoms with E-state index < -0.39 is 0 Å². The number of rotatable bonds is 3. The van der Waals surface area contributed by atoms with Crippen LogP contribution in [0.3, 0.4) is 0 Å². The summed E-state index contributed by atoms with van der Waals surface area (Å²) in [5.74, 6) is 6.28. The Morgan fingerprint density at radius 2 is 2.04 bits per heavy atom. The number of hydrogen-bond donors (Lipinski definition) is 1. The van der Waals surface area contributed by atoms with E-state index >= 15 is 0 Å². The smallest absolute Gasteiger partial charge is 0.139 e. The Morgan fingerprint density at radius 3 is 2.78 bits per heavy atom. The highest BCUT2D eigenvalue weighted by Crippen LogP contribution is 2.66. The number of terminal acetylenes is 1. The maximum Gasteiger partial charge on any atom is 0.139 e. The molecule has 0 bridgehead atoms. The van der Waals surface area contributed by atoms with Crippen LogP contribution in [0.15, 0.2) is 5.16 Å². The van der Waals surface area contributed by atoms with Crippen LogP contribution >= 0.6 is 0 Å². The molecule has 2 N–H and O–H groups in total. The molecule has 4 nitrogen and oxygen atoms in total. The molecule has 0 aromatic rings. The Hall–Kier alpha value is -1.34. The molecule has 4 saturated carbocycles. The molecular weight excluding hydrogens is 336 g/mol. The van der Waals surface area contributed by atoms with Gasteiger partial charge in [0, 0.05) is 24.3 Å². The molecule has 7 atom stereocenters. The van der Waals surface area contributed by atoms with Crippen LogP contribution in [0.2, 0.25) is 0 Å². The first-order chi connectivity index (χ1) is 12.9. The van der Waals surface area contributed by atoms with Crippen LogP contribution in [-0.4, -0.2) is 24.6 Å². The third kappa shape index (κ3) is 2.85.